The number of carbonyl (C=O) groups excluding carboxylic acids is 3. The highest BCUT2D eigenvalue weighted by Crippen LogP contribution is 2.14. The Morgan fingerprint density at radius 3 is 0.984 bits per heavy atom. The molecule has 0 heterocycles. The van der Waals surface area contributed by atoms with E-state index in [1.807, 2.05) is 0 Å². The van der Waals surface area contributed by atoms with Gasteiger partial charge in [0.1, 0.15) is 13.2 Å². The second-order valence-electron chi connectivity index (χ2n) is 17.5. The second-order valence-corrected chi connectivity index (χ2v) is 17.5. The molecule has 61 heavy (non-hydrogen) atoms. The number of unbranched alkanes of at least 4 members (excludes halogenated alkanes) is 29. The summed E-state index contributed by atoms with van der Waals surface area (Å²) in [5.74, 6) is -0.928. The summed E-state index contributed by atoms with van der Waals surface area (Å²) >= 11 is 0. The van der Waals surface area contributed by atoms with Gasteiger partial charge in [0, 0.05) is 19.3 Å². The van der Waals surface area contributed by atoms with Crippen molar-refractivity contribution < 1.29 is 28.6 Å². The smallest absolute Gasteiger partial charge is 0.306 e. The third-order valence-corrected chi connectivity index (χ3v) is 11.3. The minimum atomic E-state index is -0.789. The molecule has 0 amide bonds. The molecule has 0 spiro atoms. The van der Waals surface area contributed by atoms with Crippen molar-refractivity contribution in [3.63, 3.8) is 0 Å². The van der Waals surface area contributed by atoms with Crippen molar-refractivity contribution in [1.82, 2.24) is 0 Å². The lowest BCUT2D eigenvalue weighted by Gasteiger charge is -2.18. The van der Waals surface area contributed by atoms with Crippen LogP contribution in [0.2, 0.25) is 0 Å². The van der Waals surface area contributed by atoms with Crippen LogP contribution in [0.4, 0.5) is 0 Å². The van der Waals surface area contributed by atoms with Gasteiger partial charge in [0.15, 0.2) is 6.10 Å². The van der Waals surface area contributed by atoms with Crippen molar-refractivity contribution >= 4 is 17.9 Å². The summed E-state index contributed by atoms with van der Waals surface area (Å²) in [5, 5.41) is 0. The van der Waals surface area contributed by atoms with Gasteiger partial charge in [-0.05, 0) is 89.9 Å². The molecule has 0 fully saturated rings. The van der Waals surface area contributed by atoms with Gasteiger partial charge in [0.25, 0.3) is 0 Å². The van der Waals surface area contributed by atoms with Gasteiger partial charge in [-0.15, -0.1) is 0 Å². The van der Waals surface area contributed by atoms with Crippen molar-refractivity contribution in [3.05, 3.63) is 48.6 Å². The van der Waals surface area contributed by atoms with Gasteiger partial charge in [-0.2, -0.15) is 0 Å². The number of hydrogen-bond acceptors (Lipinski definition) is 6. The minimum Gasteiger partial charge on any atom is -0.462 e. The number of rotatable bonds is 47. The standard InChI is InChI=1S/C55H98O6/c1-4-7-10-13-16-19-22-24-26-28-30-33-36-39-42-45-48-54(57)60-51-52(50-59-53(56)47-44-41-38-35-32-21-18-15-12-9-6-3)61-55(58)49-46-43-40-37-34-31-29-27-25-23-20-17-14-11-8-5-2/h15,18,26-30,33,52H,4-14,16-17,19-25,31-32,34-51H2,1-3H3/b18-15-,28-26-,29-27-,33-30-. The van der Waals surface area contributed by atoms with Crippen LogP contribution in [0, 0.1) is 0 Å². The van der Waals surface area contributed by atoms with Crippen molar-refractivity contribution in [2.75, 3.05) is 13.2 Å². The Kier molecular flexibility index (Phi) is 47.9. The maximum atomic E-state index is 12.8. The highest BCUT2D eigenvalue weighted by molar-refractivity contribution is 5.71. The largest absolute Gasteiger partial charge is 0.462 e. The fourth-order valence-corrected chi connectivity index (χ4v) is 7.29. The quantitative estimate of drug-likeness (QED) is 0.0199. The number of allylic oxidation sites excluding steroid dienone is 8. The normalized spacial score (nSPS) is 12.4. The van der Waals surface area contributed by atoms with Crippen molar-refractivity contribution in [1.29, 1.82) is 0 Å². The Bertz CT molecular complexity index is 1070. The van der Waals surface area contributed by atoms with E-state index in [0.29, 0.717) is 19.3 Å². The van der Waals surface area contributed by atoms with Crippen LogP contribution in [-0.2, 0) is 28.6 Å². The van der Waals surface area contributed by atoms with E-state index in [9.17, 15) is 14.4 Å². The maximum absolute atomic E-state index is 12.8. The van der Waals surface area contributed by atoms with Gasteiger partial charge in [0.2, 0.25) is 0 Å². The first kappa shape index (κ1) is 58.4. The lowest BCUT2D eigenvalue weighted by Crippen LogP contribution is -2.30. The third kappa shape index (κ3) is 48.3. The second kappa shape index (κ2) is 50.0. The minimum absolute atomic E-state index is 0.0888. The van der Waals surface area contributed by atoms with Crippen molar-refractivity contribution in [2.24, 2.45) is 0 Å². The fourth-order valence-electron chi connectivity index (χ4n) is 7.29. The molecule has 0 aliphatic rings. The Morgan fingerprint density at radius 1 is 0.328 bits per heavy atom. The van der Waals surface area contributed by atoms with Crippen LogP contribution in [-0.4, -0.2) is 37.2 Å². The topological polar surface area (TPSA) is 78.9 Å². The molecular weight excluding hydrogens is 757 g/mol. The van der Waals surface area contributed by atoms with Gasteiger partial charge in [-0.25, -0.2) is 0 Å². The van der Waals surface area contributed by atoms with E-state index in [0.717, 1.165) is 89.9 Å². The Morgan fingerprint density at radius 2 is 0.607 bits per heavy atom. The predicted octanol–water partition coefficient (Wildman–Crippen LogP) is 17.1. The van der Waals surface area contributed by atoms with E-state index in [2.05, 4.69) is 69.4 Å². The molecule has 0 bridgehead atoms. The Balaban J connectivity index is 4.41. The zero-order valence-corrected chi connectivity index (χ0v) is 40.4. The summed E-state index contributed by atoms with van der Waals surface area (Å²) in [5.41, 5.74) is 0. The van der Waals surface area contributed by atoms with E-state index in [4.69, 9.17) is 14.2 Å². The van der Waals surface area contributed by atoms with Gasteiger partial charge >= 0.3 is 17.9 Å². The van der Waals surface area contributed by atoms with Crippen LogP contribution < -0.4 is 0 Å². The van der Waals surface area contributed by atoms with Gasteiger partial charge in [-0.1, -0.05) is 204 Å². The van der Waals surface area contributed by atoms with Crippen molar-refractivity contribution in [2.45, 2.75) is 271 Å². The average molecular weight is 855 g/mol. The zero-order valence-electron chi connectivity index (χ0n) is 40.4. The lowest BCUT2D eigenvalue weighted by molar-refractivity contribution is -0.167. The number of ether oxygens (including phenoxy) is 3. The van der Waals surface area contributed by atoms with Crippen LogP contribution in [0.1, 0.15) is 265 Å². The van der Waals surface area contributed by atoms with E-state index in [1.54, 1.807) is 0 Å². The molecule has 6 nitrogen and oxygen atoms in total. The summed E-state index contributed by atoms with van der Waals surface area (Å²) in [6.45, 7) is 6.56. The molecule has 0 radical (unpaired) electrons. The molecule has 0 aromatic rings. The number of esters is 3. The Hall–Kier alpha value is -2.63. The summed E-state index contributed by atoms with van der Waals surface area (Å²) in [7, 11) is 0. The molecule has 0 N–H and O–H groups in total. The molecule has 6 heteroatoms. The molecular formula is C55H98O6. The summed E-state index contributed by atoms with van der Waals surface area (Å²) < 4.78 is 16.8. The summed E-state index contributed by atoms with van der Waals surface area (Å²) in [6, 6.07) is 0. The van der Waals surface area contributed by atoms with Crippen LogP contribution in [0.15, 0.2) is 48.6 Å². The summed E-state index contributed by atoms with van der Waals surface area (Å²) in [6.07, 6.45) is 59.5. The Labute approximate surface area is 378 Å². The SMILES string of the molecule is CCCC/C=C\CCCCCCCC(=O)OCC(COC(=O)CCCCC/C=C\C=C/CCCCCCCCC)OC(=O)CCCCCCC/C=C\CCCCCCCCC. The maximum Gasteiger partial charge on any atom is 0.306 e. The zero-order chi connectivity index (χ0) is 44.4. The molecule has 0 aliphatic heterocycles. The molecule has 0 aromatic carbocycles. The lowest BCUT2D eigenvalue weighted by atomic mass is 10.1. The third-order valence-electron chi connectivity index (χ3n) is 11.3. The highest BCUT2D eigenvalue weighted by Gasteiger charge is 2.19. The van der Waals surface area contributed by atoms with E-state index in [1.165, 1.54) is 135 Å². The van der Waals surface area contributed by atoms with Gasteiger partial charge in [-0.3, -0.25) is 14.4 Å². The molecule has 0 saturated carbocycles. The van der Waals surface area contributed by atoms with Crippen LogP contribution in [0.3, 0.4) is 0 Å². The van der Waals surface area contributed by atoms with E-state index in [-0.39, 0.29) is 31.1 Å². The van der Waals surface area contributed by atoms with Crippen LogP contribution in [0.25, 0.3) is 0 Å². The fraction of sp³-hybridized carbons (Fsp3) is 0.800. The molecule has 0 aromatic heterocycles. The van der Waals surface area contributed by atoms with Crippen LogP contribution >= 0.6 is 0 Å². The average Bonchev–Trinajstić information content (AvgIpc) is 3.26. The highest BCUT2D eigenvalue weighted by atomic mass is 16.6. The molecule has 0 saturated heterocycles. The van der Waals surface area contributed by atoms with Crippen molar-refractivity contribution in [3.8, 4) is 0 Å². The molecule has 1 atom stereocenters. The van der Waals surface area contributed by atoms with Crippen LogP contribution in [0.5, 0.6) is 0 Å². The monoisotopic (exact) mass is 855 g/mol. The van der Waals surface area contributed by atoms with Gasteiger partial charge < -0.3 is 14.2 Å². The molecule has 354 valence electrons. The molecule has 0 aliphatic carbocycles. The summed E-state index contributed by atoms with van der Waals surface area (Å²) in [4.78, 5) is 37.9. The number of hydrogen-bond donors (Lipinski definition) is 0. The number of carbonyl (C=O) groups is 3. The van der Waals surface area contributed by atoms with E-state index >= 15 is 0 Å². The first-order chi connectivity index (χ1) is 30.0. The first-order valence-corrected chi connectivity index (χ1v) is 26.2. The molecule has 0 rings (SSSR count). The van der Waals surface area contributed by atoms with E-state index < -0.39 is 6.10 Å². The first-order valence-electron chi connectivity index (χ1n) is 26.2. The predicted molar refractivity (Wildman–Crippen MR) is 261 cm³/mol. The van der Waals surface area contributed by atoms with Gasteiger partial charge in [0.05, 0.1) is 0 Å². The molecule has 1 unspecified atom stereocenters.